The first-order valence-corrected chi connectivity index (χ1v) is 8.83. The van der Waals surface area contributed by atoms with Gasteiger partial charge in [-0.15, -0.1) is 0 Å². The first-order chi connectivity index (χ1) is 11.2. The zero-order valence-corrected chi connectivity index (χ0v) is 15.1. The average Bonchev–Trinajstić information content (AvgIpc) is 2.56. The molecule has 0 aliphatic carbocycles. The minimum atomic E-state index is -3.57. The van der Waals surface area contributed by atoms with Gasteiger partial charge in [-0.2, -0.15) is 12.7 Å². The number of nitrogens with zero attached hydrogens (tertiary/aromatic N) is 2. The summed E-state index contributed by atoms with van der Waals surface area (Å²) in [4.78, 5) is 12.2. The Bertz CT molecular complexity index is 836. The molecule has 0 radical (unpaired) electrons. The number of anilines is 2. The van der Waals surface area contributed by atoms with Crippen molar-refractivity contribution in [1.82, 2.24) is 4.31 Å². The van der Waals surface area contributed by atoms with E-state index in [1.807, 2.05) is 0 Å². The predicted octanol–water partition coefficient (Wildman–Crippen LogP) is 2.83. The van der Waals surface area contributed by atoms with Gasteiger partial charge in [-0.25, -0.2) is 0 Å². The lowest BCUT2D eigenvalue weighted by molar-refractivity contribution is 0.102. The van der Waals surface area contributed by atoms with Gasteiger partial charge in [0.25, 0.3) is 5.91 Å². The second-order valence-electron chi connectivity index (χ2n) is 5.24. The summed E-state index contributed by atoms with van der Waals surface area (Å²) >= 11 is 6.01. The molecule has 0 atom stereocenters. The molecular formula is C16H18ClN3O3S. The number of carbonyl (C=O) groups is 1. The molecule has 2 aromatic carbocycles. The number of carbonyl (C=O) groups excluding carboxylic acids is 1. The molecule has 128 valence electrons. The summed E-state index contributed by atoms with van der Waals surface area (Å²) in [6.07, 6.45) is 0. The van der Waals surface area contributed by atoms with Gasteiger partial charge in [-0.1, -0.05) is 23.7 Å². The van der Waals surface area contributed by atoms with Gasteiger partial charge in [0.1, 0.15) is 0 Å². The van der Waals surface area contributed by atoms with Crippen LogP contribution in [-0.4, -0.2) is 39.8 Å². The van der Waals surface area contributed by atoms with E-state index in [9.17, 15) is 13.2 Å². The second-order valence-corrected chi connectivity index (χ2v) is 7.82. The molecule has 0 bridgehead atoms. The summed E-state index contributed by atoms with van der Waals surface area (Å²) in [6, 6.07) is 13.2. The minimum Gasteiger partial charge on any atom is -0.321 e. The molecular weight excluding hydrogens is 350 g/mol. The number of nitrogens with one attached hydrogen (secondary N) is 1. The third-order valence-corrected chi connectivity index (χ3v) is 5.58. The van der Waals surface area contributed by atoms with Crippen molar-refractivity contribution in [3.05, 3.63) is 59.1 Å². The molecule has 0 aliphatic rings. The second kappa shape index (κ2) is 7.21. The van der Waals surface area contributed by atoms with Gasteiger partial charge in [-0.3, -0.25) is 9.10 Å². The van der Waals surface area contributed by atoms with E-state index in [0.29, 0.717) is 22.0 Å². The van der Waals surface area contributed by atoms with E-state index in [2.05, 4.69) is 5.32 Å². The van der Waals surface area contributed by atoms with Gasteiger partial charge in [0.05, 0.1) is 16.4 Å². The Balaban J connectivity index is 2.18. The van der Waals surface area contributed by atoms with Crippen LogP contribution >= 0.6 is 11.6 Å². The number of halogens is 1. The van der Waals surface area contributed by atoms with E-state index in [-0.39, 0.29) is 5.91 Å². The van der Waals surface area contributed by atoms with E-state index in [4.69, 9.17) is 11.6 Å². The molecule has 2 aromatic rings. The lowest BCUT2D eigenvalue weighted by atomic mass is 10.2. The number of hydrogen-bond donors (Lipinski definition) is 1. The van der Waals surface area contributed by atoms with E-state index in [1.54, 1.807) is 48.5 Å². The Morgan fingerprint density at radius 1 is 1.00 bits per heavy atom. The van der Waals surface area contributed by atoms with Crippen LogP contribution in [0.4, 0.5) is 11.4 Å². The smallest absolute Gasteiger partial charge is 0.303 e. The van der Waals surface area contributed by atoms with Gasteiger partial charge in [0, 0.05) is 26.7 Å². The van der Waals surface area contributed by atoms with Gasteiger partial charge >= 0.3 is 10.2 Å². The Kier molecular flexibility index (Phi) is 5.48. The fourth-order valence-electron chi connectivity index (χ4n) is 1.96. The van der Waals surface area contributed by atoms with Crippen LogP contribution in [-0.2, 0) is 10.2 Å². The maximum absolute atomic E-state index is 12.2. The van der Waals surface area contributed by atoms with Gasteiger partial charge in [-0.05, 0) is 36.4 Å². The van der Waals surface area contributed by atoms with Crippen LogP contribution in [0.2, 0.25) is 5.02 Å². The Morgan fingerprint density at radius 2 is 1.58 bits per heavy atom. The molecule has 1 N–H and O–H groups in total. The van der Waals surface area contributed by atoms with Gasteiger partial charge in [0.2, 0.25) is 0 Å². The Hall–Kier alpha value is -2.09. The molecule has 0 heterocycles. The first-order valence-electron chi connectivity index (χ1n) is 7.06. The number of amides is 1. The van der Waals surface area contributed by atoms with Crippen molar-refractivity contribution in [3.63, 3.8) is 0 Å². The molecule has 0 aromatic heterocycles. The molecule has 0 spiro atoms. The molecule has 24 heavy (non-hydrogen) atoms. The molecule has 0 fully saturated rings. The van der Waals surface area contributed by atoms with Crippen molar-refractivity contribution < 1.29 is 13.2 Å². The number of rotatable bonds is 5. The van der Waals surface area contributed by atoms with Crippen LogP contribution in [0.5, 0.6) is 0 Å². The monoisotopic (exact) mass is 367 g/mol. The Labute approximate surface area is 146 Å². The summed E-state index contributed by atoms with van der Waals surface area (Å²) in [5, 5.41) is 3.16. The molecule has 0 saturated carbocycles. The lowest BCUT2D eigenvalue weighted by Crippen LogP contribution is -2.37. The topological polar surface area (TPSA) is 69.7 Å². The number of para-hydroxylation sites is 1. The van der Waals surface area contributed by atoms with Crippen molar-refractivity contribution in [2.24, 2.45) is 0 Å². The number of benzene rings is 2. The standard InChI is InChI=1S/C16H18ClN3O3S/c1-19(2)24(22,23)20(3)13-10-8-12(9-11-13)16(21)18-15-7-5-4-6-14(15)17/h4-11H,1-3H3,(H,18,21). The Morgan fingerprint density at radius 3 is 2.12 bits per heavy atom. The highest BCUT2D eigenvalue weighted by Gasteiger charge is 2.21. The van der Waals surface area contributed by atoms with E-state index >= 15 is 0 Å². The fraction of sp³-hybridized carbons (Fsp3) is 0.188. The van der Waals surface area contributed by atoms with Crippen LogP contribution in [0, 0.1) is 0 Å². The van der Waals surface area contributed by atoms with Crippen LogP contribution in [0.15, 0.2) is 48.5 Å². The molecule has 6 nitrogen and oxygen atoms in total. The molecule has 1 amide bonds. The lowest BCUT2D eigenvalue weighted by Gasteiger charge is -2.23. The summed E-state index contributed by atoms with van der Waals surface area (Å²) < 4.78 is 26.4. The highest BCUT2D eigenvalue weighted by molar-refractivity contribution is 7.90. The van der Waals surface area contributed by atoms with Crippen LogP contribution in [0.25, 0.3) is 0 Å². The van der Waals surface area contributed by atoms with Crippen molar-refractivity contribution >= 4 is 39.1 Å². The number of hydrogen-bond acceptors (Lipinski definition) is 3. The van der Waals surface area contributed by atoms with Crippen LogP contribution < -0.4 is 9.62 Å². The van der Waals surface area contributed by atoms with Crippen molar-refractivity contribution in [2.45, 2.75) is 0 Å². The average molecular weight is 368 g/mol. The highest BCUT2D eigenvalue weighted by atomic mass is 35.5. The van der Waals surface area contributed by atoms with Crippen molar-refractivity contribution in [1.29, 1.82) is 0 Å². The molecule has 8 heteroatoms. The summed E-state index contributed by atoms with van der Waals surface area (Å²) in [6.45, 7) is 0. The van der Waals surface area contributed by atoms with Crippen LogP contribution in [0.3, 0.4) is 0 Å². The zero-order chi connectivity index (χ0) is 17.9. The molecule has 0 aliphatic heterocycles. The van der Waals surface area contributed by atoms with Crippen LogP contribution in [0.1, 0.15) is 10.4 Å². The van der Waals surface area contributed by atoms with Crippen molar-refractivity contribution in [3.8, 4) is 0 Å². The quantitative estimate of drug-likeness (QED) is 0.883. The zero-order valence-electron chi connectivity index (χ0n) is 13.5. The normalized spacial score (nSPS) is 11.4. The van der Waals surface area contributed by atoms with Crippen molar-refractivity contribution in [2.75, 3.05) is 30.8 Å². The summed E-state index contributed by atoms with van der Waals surface area (Å²) in [5.74, 6) is -0.326. The van der Waals surface area contributed by atoms with E-state index < -0.39 is 10.2 Å². The third-order valence-electron chi connectivity index (χ3n) is 3.42. The van der Waals surface area contributed by atoms with E-state index in [1.165, 1.54) is 21.1 Å². The summed E-state index contributed by atoms with van der Waals surface area (Å²) in [5.41, 5.74) is 1.37. The highest BCUT2D eigenvalue weighted by Crippen LogP contribution is 2.22. The minimum absolute atomic E-state index is 0.326. The fourth-order valence-corrected chi connectivity index (χ4v) is 3.02. The molecule has 0 saturated heterocycles. The SMILES string of the molecule is CN(C)S(=O)(=O)N(C)c1ccc(C(=O)Nc2ccccc2Cl)cc1. The summed E-state index contributed by atoms with van der Waals surface area (Å²) in [7, 11) is 0.795. The van der Waals surface area contributed by atoms with Gasteiger partial charge in [0.15, 0.2) is 0 Å². The largest absolute Gasteiger partial charge is 0.321 e. The maximum atomic E-state index is 12.2. The maximum Gasteiger partial charge on any atom is 0.303 e. The first kappa shape index (κ1) is 18.3. The molecule has 2 rings (SSSR count). The third kappa shape index (κ3) is 3.87. The predicted molar refractivity (Wildman–Crippen MR) is 96.9 cm³/mol. The van der Waals surface area contributed by atoms with E-state index in [0.717, 1.165) is 8.61 Å². The molecule has 0 unspecified atom stereocenters. The van der Waals surface area contributed by atoms with Gasteiger partial charge < -0.3 is 5.32 Å².